The normalized spacial score (nSPS) is 19.6. The summed E-state index contributed by atoms with van der Waals surface area (Å²) in [6.07, 6.45) is 3.51. The molecule has 1 fully saturated rings. The number of benzene rings is 1. The van der Waals surface area contributed by atoms with E-state index < -0.39 is 11.7 Å². The second-order valence-electron chi connectivity index (χ2n) is 4.69. The van der Waals surface area contributed by atoms with Crippen molar-refractivity contribution in [3.8, 4) is 11.8 Å². The van der Waals surface area contributed by atoms with E-state index in [4.69, 9.17) is 10.00 Å². The number of nitrogens with zero attached hydrogens (tertiary/aromatic N) is 1. The topological polar surface area (TPSA) is 53.2 Å². The Morgan fingerprint density at radius 3 is 2.35 bits per heavy atom. The van der Waals surface area contributed by atoms with Crippen LogP contribution in [0.1, 0.15) is 38.2 Å². The molecule has 0 spiro atoms. The fraction of sp³-hybridized carbons (Fsp3) is 0.500. The molecule has 0 aromatic heterocycles. The smallest absolute Gasteiger partial charge is 0.134 e. The third-order valence-corrected chi connectivity index (χ3v) is 3.52. The molecule has 1 atom stereocenters. The lowest BCUT2D eigenvalue weighted by Crippen LogP contribution is -2.43. The Morgan fingerprint density at radius 2 is 1.88 bits per heavy atom. The highest BCUT2D eigenvalue weighted by Gasteiger charge is 2.40. The average molecular weight is 231 g/mol. The lowest BCUT2D eigenvalue weighted by Gasteiger charge is -2.33. The van der Waals surface area contributed by atoms with E-state index in [-0.39, 0.29) is 0 Å². The maximum Gasteiger partial charge on any atom is 0.134 e. The van der Waals surface area contributed by atoms with Crippen molar-refractivity contribution in [1.82, 2.24) is 0 Å². The van der Waals surface area contributed by atoms with E-state index in [1.54, 1.807) is 31.2 Å². The summed E-state index contributed by atoms with van der Waals surface area (Å²) in [5.74, 6) is 0.729. The fourth-order valence-electron chi connectivity index (χ4n) is 2.41. The van der Waals surface area contributed by atoms with Gasteiger partial charge in [-0.15, -0.1) is 0 Å². The van der Waals surface area contributed by atoms with Gasteiger partial charge in [0.1, 0.15) is 11.4 Å². The quantitative estimate of drug-likeness (QED) is 0.870. The highest BCUT2D eigenvalue weighted by Crippen LogP contribution is 2.37. The number of rotatable bonds is 3. The summed E-state index contributed by atoms with van der Waals surface area (Å²) < 4.78 is 5.96. The molecule has 2 rings (SSSR count). The van der Waals surface area contributed by atoms with Gasteiger partial charge in [-0.05, 0) is 56.9 Å². The van der Waals surface area contributed by atoms with Gasteiger partial charge in [0.15, 0.2) is 0 Å². The van der Waals surface area contributed by atoms with Gasteiger partial charge in [0.2, 0.25) is 0 Å². The third kappa shape index (κ3) is 2.42. The number of hydrogen-bond acceptors (Lipinski definition) is 3. The molecule has 0 amide bonds. The molecular formula is C14H17NO2. The van der Waals surface area contributed by atoms with Crippen molar-refractivity contribution in [3.05, 3.63) is 29.8 Å². The predicted octanol–water partition coefficient (Wildman–Crippen LogP) is 2.63. The van der Waals surface area contributed by atoms with Crippen LogP contribution in [0.5, 0.6) is 5.75 Å². The first-order valence-electron chi connectivity index (χ1n) is 6.03. The minimum atomic E-state index is -0.472. The van der Waals surface area contributed by atoms with Crippen molar-refractivity contribution in [1.29, 1.82) is 5.26 Å². The van der Waals surface area contributed by atoms with E-state index >= 15 is 0 Å². The summed E-state index contributed by atoms with van der Waals surface area (Å²) in [6, 6.07) is 9.13. The van der Waals surface area contributed by atoms with Crippen LogP contribution in [-0.4, -0.2) is 16.8 Å². The Morgan fingerprint density at radius 1 is 1.29 bits per heavy atom. The molecule has 1 aromatic carbocycles. The first kappa shape index (κ1) is 11.9. The summed E-state index contributed by atoms with van der Waals surface area (Å²) in [5, 5.41) is 18.6. The van der Waals surface area contributed by atoms with Crippen molar-refractivity contribution in [3.63, 3.8) is 0 Å². The first-order valence-corrected chi connectivity index (χ1v) is 6.03. The van der Waals surface area contributed by atoms with E-state index in [0.717, 1.165) is 31.4 Å². The van der Waals surface area contributed by atoms with Crippen LogP contribution in [0.4, 0.5) is 0 Å². The highest BCUT2D eigenvalue weighted by molar-refractivity contribution is 5.35. The van der Waals surface area contributed by atoms with Gasteiger partial charge >= 0.3 is 0 Å². The molecule has 17 heavy (non-hydrogen) atoms. The van der Waals surface area contributed by atoms with E-state index in [1.807, 2.05) is 0 Å². The molecule has 3 nitrogen and oxygen atoms in total. The lowest BCUT2D eigenvalue weighted by molar-refractivity contribution is -0.0399. The molecule has 1 aliphatic rings. The molecule has 1 N–H and O–H groups in total. The average Bonchev–Trinajstić information content (AvgIpc) is 2.80. The molecule has 0 heterocycles. The van der Waals surface area contributed by atoms with Crippen molar-refractivity contribution >= 4 is 0 Å². The molecule has 0 radical (unpaired) electrons. The number of aliphatic hydroxyl groups excluding tert-OH is 1. The maximum atomic E-state index is 9.89. The van der Waals surface area contributed by atoms with E-state index in [1.165, 1.54) is 0 Å². The maximum absolute atomic E-state index is 9.89. The van der Waals surface area contributed by atoms with Crippen LogP contribution in [0.25, 0.3) is 0 Å². The number of nitriles is 1. The number of ether oxygens (including phenoxy) is 1. The van der Waals surface area contributed by atoms with Crippen LogP contribution in [0.3, 0.4) is 0 Å². The van der Waals surface area contributed by atoms with E-state index in [0.29, 0.717) is 5.56 Å². The minimum absolute atomic E-state index is 0.436. The minimum Gasteiger partial charge on any atom is -0.485 e. The van der Waals surface area contributed by atoms with Crippen molar-refractivity contribution < 1.29 is 9.84 Å². The largest absolute Gasteiger partial charge is 0.485 e. The zero-order valence-electron chi connectivity index (χ0n) is 10.0. The molecule has 0 aliphatic heterocycles. The zero-order valence-corrected chi connectivity index (χ0v) is 10.0. The van der Waals surface area contributed by atoms with Gasteiger partial charge in [-0.3, -0.25) is 0 Å². The molecule has 3 heteroatoms. The van der Waals surface area contributed by atoms with Gasteiger partial charge in [-0.2, -0.15) is 5.26 Å². The van der Waals surface area contributed by atoms with Gasteiger partial charge in [0, 0.05) is 0 Å². The summed E-state index contributed by atoms with van der Waals surface area (Å²) in [5.41, 5.74) is 0.184. The molecule has 0 saturated heterocycles. The van der Waals surface area contributed by atoms with Gasteiger partial charge in [-0.1, -0.05) is 0 Å². The summed E-state index contributed by atoms with van der Waals surface area (Å²) >= 11 is 0. The molecule has 1 saturated carbocycles. The van der Waals surface area contributed by atoms with Crippen LogP contribution >= 0.6 is 0 Å². The second kappa shape index (κ2) is 4.77. The summed E-state index contributed by atoms with van der Waals surface area (Å²) in [6.45, 7) is 1.79. The Labute approximate surface area is 102 Å². The Bertz CT molecular complexity index is 411. The van der Waals surface area contributed by atoms with E-state index in [2.05, 4.69) is 6.07 Å². The second-order valence-corrected chi connectivity index (χ2v) is 4.69. The molecule has 1 aliphatic carbocycles. The van der Waals surface area contributed by atoms with Crippen LogP contribution in [0, 0.1) is 11.3 Å². The fourth-order valence-corrected chi connectivity index (χ4v) is 2.41. The lowest BCUT2D eigenvalue weighted by atomic mass is 9.95. The van der Waals surface area contributed by atoms with Gasteiger partial charge in [-0.25, -0.2) is 0 Å². The highest BCUT2D eigenvalue weighted by atomic mass is 16.5. The molecule has 90 valence electrons. The van der Waals surface area contributed by atoms with Gasteiger partial charge < -0.3 is 9.84 Å². The monoisotopic (exact) mass is 231 g/mol. The van der Waals surface area contributed by atoms with Gasteiger partial charge in [0.25, 0.3) is 0 Å². The zero-order chi connectivity index (χ0) is 12.3. The van der Waals surface area contributed by atoms with Crippen molar-refractivity contribution in [2.45, 2.75) is 44.3 Å². The molecule has 1 unspecified atom stereocenters. The van der Waals surface area contributed by atoms with Gasteiger partial charge in [0.05, 0.1) is 17.7 Å². The molecule has 0 bridgehead atoms. The number of hydrogen-bond donors (Lipinski definition) is 1. The van der Waals surface area contributed by atoms with Crippen molar-refractivity contribution in [2.75, 3.05) is 0 Å². The third-order valence-electron chi connectivity index (χ3n) is 3.52. The van der Waals surface area contributed by atoms with Crippen LogP contribution in [0.2, 0.25) is 0 Å². The summed E-state index contributed by atoms with van der Waals surface area (Å²) in [4.78, 5) is 0. The first-order chi connectivity index (χ1) is 8.16. The van der Waals surface area contributed by atoms with Crippen LogP contribution in [0.15, 0.2) is 24.3 Å². The Kier molecular flexibility index (Phi) is 3.35. The van der Waals surface area contributed by atoms with Crippen LogP contribution in [-0.2, 0) is 0 Å². The molecular weight excluding hydrogens is 214 g/mol. The standard InChI is InChI=1S/C14H17NO2/c1-11(16)14(8-2-3-9-14)17-13-6-4-12(10-15)5-7-13/h4-7,11,16H,2-3,8-9H2,1H3. The SMILES string of the molecule is CC(O)C1(Oc2ccc(C#N)cc2)CCCC1. The molecule has 1 aromatic rings. The Balaban J connectivity index is 2.15. The van der Waals surface area contributed by atoms with Crippen molar-refractivity contribution in [2.24, 2.45) is 0 Å². The summed E-state index contributed by atoms with van der Waals surface area (Å²) in [7, 11) is 0. The predicted molar refractivity (Wildman–Crippen MR) is 64.7 cm³/mol. The number of aliphatic hydroxyl groups is 1. The Hall–Kier alpha value is -1.53. The van der Waals surface area contributed by atoms with E-state index in [9.17, 15) is 5.11 Å². The van der Waals surface area contributed by atoms with Crippen LogP contribution < -0.4 is 4.74 Å².